The Bertz CT molecular complexity index is 819. The minimum Gasteiger partial charge on any atom is -0.345 e. The van der Waals surface area contributed by atoms with Crippen LogP contribution >= 0.6 is 0 Å². The van der Waals surface area contributed by atoms with Gasteiger partial charge in [0, 0.05) is 25.1 Å². The van der Waals surface area contributed by atoms with E-state index in [4.69, 9.17) is 4.98 Å². The summed E-state index contributed by atoms with van der Waals surface area (Å²) in [5, 5.41) is 0. The zero-order chi connectivity index (χ0) is 21.4. The lowest BCUT2D eigenvalue weighted by atomic mass is 9.83. The lowest BCUT2D eigenvalue weighted by molar-refractivity contribution is -0.125. The molecule has 1 amide bonds. The van der Waals surface area contributed by atoms with Gasteiger partial charge < -0.3 is 9.88 Å². The number of carbonyl (C=O) groups is 1. The molecule has 1 unspecified atom stereocenters. The molecule has 0 saturated heterocycles. The van der Waals surface area contributed by atoms with Crippen molar-refractivity contribution in [2.45, 2.75) is 79.1 Å². The van der Waals surface area contributed by atoms with Crippen LogP contribution in [0.2, 0.25) is 0 Å². The van der Waals surface area contributed by atoms with Gasteiger partial charge in [0.1, 0.15) is 11.5 Å². The topological polar surface area (TPSA) is 49.0 Å². The largest absolute Gasteiger partial charge is 0.345 e. The number of aromatic nitrogens is 2. The monoisotopic (exact) mass is 395 g/mol. The smallest absolute Gasteiger partial charge is 0.223 e. The molecule has 3 rings (SSSR count). The fourth-order valence-electron chi connectivity index (χ4n) is 3.72. The summed E-state index contributed by atoms with van der Waals surface area (Å²) in [7, 11) is 0. The molecule has 158 valence electrons. The van der Waals surface area contributed by atoms with E-state index in [0.717, 1.165) is 42.9 Å². The fourth-order valence-corrected chi connectivity index (χ4v) is 3.72. The molecular formula is C25H37N3O. The van der Waals surface area contributed by atoms with Crippen molar-refractivity contribution < 1.29 is 4.79 Å². The quantitative estimate of drug-likeness (QED) is 0.649. The molecule has 1 aromatic carbocycles. The van der Waals surface area contributed by atoms with Gasteiger partial charge in [-0.15, -0.1) is 0 Å². The number of rotatable bonds is 6. The molecule has 0 bridgehead atoms. The average molecular weight is 396 g/mol. The molecule has 1 aliphatic rings. The Morgan fingerprint density at radius 3 is 2.41 bits per heavy atom. The Balaban J connectivity index is 0.000000687. The molecule has 2 aromatic rings. The lowest BCUT2D eigenvalue weighted by Gasteiger charge is -2.23. The first-order valence-electron chi connectivity index (χ1n) is 11.0. The number of nitrogens with zero attached hydrogens (tertiary/aromatic N) is 2. The van der Waals surface area contributed by atoms with Crippen LogP contribution in [0.15, 0.2) is 30.8 Å². The number of nitrogens with one attached hydrogen (secondary N) is 1. The van der Waals surface area contributed by atoms with Crippen LogP contribution in [-0.4, -0.2) is 27.3 Å². The number of amides is 1. The molecule has 0 fully saturated rings. The van der Waals surface area contributed by atoms with Gasteiger partial charge in [-0.2, -0.15) is 0 Å². The van der Waals surface area contributed by atoms with Gasteiger partial charge in [0.05, 0.1) is 5.70 Å². The minimum absolute atomic E-state index is 0.0161. The summed E-state index contributed by atoms with van der Waals surface area (Å²) in [6, 6.07) is 8.66. The minimum atomic E-state index is 0.0161. The highest BCUT2D eigenvalue weighted by atomic mass is 16.2. The van der Waals surface area contributed by atoms with Gasteiger partial charge >= 0.3 is 0 Å². The van der Waals surface area contributed by atoms with Crippen molar-refractivity contribution in [1.82, 2.24) is 14.9 Å². The number of aryl methyl sites for hydroxylation is 2. The first kappa shape index (κ1) is 22.9. The molecular weight excluding hydrogens is 358 g/mol. The van der Waals surface area contributed by atoms with E-state index in [1.165, 1.54) is 24.0 Å². The maximum Gasteiger partial charge on any atom is 0.223 e. The zero-order valence-corrected chi connectivity index (χ0v) is 18.8. The van der Waals surface area contributed by atoms with Crippen LogP contribution in [0.3, 0.4) is 0 Å². The van der Waals surface area contributed by atoms with Crippen LogP contribution in [0.5, 0.6) is 0 Å². The Morgan fingerprint density at radius 1 is 1.17 bits per heavy atom. The second-order valence-electron chi connectivity index (χ2n) is 7.92. The Hall–Kier alpha value is -2.36. The maximum absolute atomic E-state index is 11.9. The summed E-state index contributed by atoms with van der Waals surface area (Å²) in [4.78, 5) is 22.0. The third-order valence-electron chi connectivity index (χ3n) is 5.56. The second kappa shape index (κ2) is 11.0. The second-order valence-corrected chi connectivity index (χ2v) is 7.92. The number of fused-ring (bicyclic) bond motifs is 1. The highest BCUT2D eigenvalue weighted by Crippen LogP contribution is 2.32. The summed E-state index contributed by atoms with van der Waals surface area (Å²) in [6.45, 7) is 14.8. The molecule has 1 heterocycles. The van der Waals surface area contributed by atoms with Crippen LogP contribution in [0, 0.1) is 6.92 Å². The first-order chi connectivity index (χ1) is 13.9. The standard InChI is InChI=1S/C21H27N3O.C4H10/c1-5-12-24(16(4)25)15(3)20-14(2)22-21(23-20)19-11-10-17-8-6-7-9-18(17)13-19;1-3-4-2/h6-9,19H,3,5,10-13H2,1-2,4H3,(H,22,23);3-4H2,1-2H3. The van der Waals surface area contributed by atoms with Crippen molar-refractivity contribution in [2.75, 3.05) is 6.54 Å². The number of H-pyrrole nitrogens is 1. The molecule has 1 aliphatic carbocycles. The Labute approximate surface area is 176 Å². The van der Waals surface area contributed by atoms with Crippen molar-refractivity contribution >= 4 is 11.6 Å². The molecule has 1 aromatic heterocycles. The molecule has 29 heavy (non-hydrogen) atoms. The van der Waals surface area contributed by atoms with Gasteiger partial charge in [0.2, 0.25) is 5.91 Å². The van der Waals surface area contributed by atoms with Crippen molar-refractivity contribution in [3.8, 4) is 0 Å². The van der Waals surface area contributed by atoms with E-state index in [1.807, 2.05) is 6.92 Å². The number of carbonyl (C=O) groups excluding carboxylic acids is 1. The molecule has 0 spiro atoms. The molecule has 4 heteroatoms. The molecule has 0 saturated carbocycles. The fraction of sp³-hybridized carbons (Fsp3) is 0.520. The van der Waals surface area contributed by atoms with Gasteiger partial charge in [-0.05, 0) is 43.7 Å². The highest BCUT2D eigenvalue weighted by molar-refractivity contribution is 5.84. The summed E-state index contributed by atoms with van der Waals surface area (Å²) >= 11 is 0. The van der Waals surface area contributed by atoms with E-state index >= 15 is 0 Å². The molecule has 0 aliphatic heterocycles. The molecule has 0 radical (unpaired) electrons. The molecule has 1 N–H and O–H groups in total. The molecule has 4 nitrogen and oxygen atoms in total. The number of imidazole rings is 1. The van der Waals surface area contributed by atoms with Crippen LogP contribution < -0.4 is 0 Å². The first-order valence-corrected chi connectivity index (χ1v) is 11.0. The van der Waals surface area contributed by atoms with Crippen LogP contribution in [-0.2, 0) is 17.6 Å². The summed E-state index contributed by atoms with van der Waals surface area (Å²) in [5.41, 5.74) is 5.38. The predicted octanol–water partition coefficient (Wildman–Crippen LogP) is 6.03. The van der Waals surface area contributed by atoms with Gasteiger partial charge in [0.25, 0.3) is 0 Å². The van der Waals surface area contributed by atoms with Gasteiger partial charge in [-0.25, -0.2) is 4.98 Å². The van der Waals surface area contributed by atoms with E-state index in [-0.39, 0.29) is 5.91 Å². The van der Waals surface area contributed by atoms with Crippen LogP contribution in [0.1, 0.15) is 87.6 Å². The van der Waals surface area contributed by atoms with Crippen LogP contribution in [0.25, 0.3) is 5.70 Å². The maximum atomic E-state index is 11.9. The van der Waals surface area contributed by atoms with Crippen molar-refractivity contribution in [3.63, 3.8) is 0 Å². The number of hydrogen-bond acceptors (Lipinski definition) is 2. The number of unbranched alkanes of at least 4 members (excludes halogenated alkanes) is 1. The number of aromatic amines is 1. The third kappa shape index (κ3) is 5.81. The van der Waals surface area contributed by atoms with E-state index in [1.54, 1.807) is 11.8 Å². The average Bonchev–Trinajstić information content (AvgIpc) is 3.12. The third-order valence-corrected chi connectivity index (χ3v) is 5.56. The number of benzene rings is 1. The number of hydrogen-bond donors (Lipinski definition) is 1. The predicted molar refractivity (Wildman–Crippen MR) is 122 cm³/mol. The highest BCUT2D eigenvalue weighted by Gasteiger charge is 2.25. The zero-order valence-electron chi connectivity index (χ0n) is 18.8. The van der Waals surface area contributed by atoms with Crippen molar-refractivity contribution in [3.05, 3.63) is 59.2 Å². The summed E-state index contributed by atoms with van der Waals surface area (Å²) in [5.74, 6) is 1.43. The lowest BCUT2D eigenvalue weighted by Crippen LogP contribution is -2.28. The molecule has 1 atom stereocenters. The van der Waals surface area contributed by atoms with E-state index in [9.17, 15) is 4.79 Å². The Kier molecular flexibility index (Phi) is 8.69. The summed E-state index contributed by atoms with van der Waals surface area (Å²) < 4.78 is 0. The van der Waals surface area contributed by atoms with Gasteiger partial charge in [0.15, 0.2) is 0 Å². The van der Waals surface area contributed by atoms with Crippen molar-refractivity contribution in [1.29, 1.82) is 0 Å². The van der Waals surface area contributed by atoms with Gasteiger partial charge in [-0.1, -0.05) is 64.5 Å². The normalized spacial score (nSPS) is 15.1. The summed E-state index contributed by atoms with van der Waals surface area (Å²) in [6.07, 6.45) is 6.74. The SMILES string of the molecule is C=C(c1nc(C2CCc3ccccc3C2)[nH]c1C)N(CCC)C(C)=O.CCCC. The van der Waals surface area contributed by atoms with Gasteiger partial charge in [-0.3, -0.25) is 4.79 Å². The van der Waals surface area contributed by atoms with Crippen molar-refractivity contribution in [2.24, 2.45) is 0 Å². The van der Waals surface area contributed by atoms with Crippen LogP contribution in [0.4, 0.5) is 0 Å². The Morgan fingerprint density at radius 2 is 1.83 bits per heavy atom. The van der Waals surface area contributed by atoms with E-state index in [2.05, 4.69) is 56.6 Å². The van der Waals surface area contributed by atoms with E-state index < -0.39 is 0 Å². The van der Waals surface area contributed by atoms with E-state index in [0.29, 0.717) is 18.2 Å².